The van der Waals surface area contributed by atoms with Gasteiger partial charge in [-0.25, -0.2) is 4.98 Å². The molecule has 1 aliphatic carbocycles. The number of imidazole rings is 1. The van der Waals surface area contributed by atoms with Crippen molar-refractivity contribution in [2.75, 3.05) is 5.32 Å². The summed E-state index contributed by atoms with van der Waals surface area (Å²) in [6.45, 7) is 1.81. The summed E-state index contributed by atoms with van der Waals surface area (Å²) in [6, 6.07) is 5.08. The maximum Gasteiger partial charge on any atom is 0.392 e. The predicted molar refractivity (Wildman–Crippen MR) is 81.0 cm³/mol. The molecule has 2 aromatic rings. The Morgan fingerprint density at radius 3 is 2.78 bits per heavy atom. The van der Waals surface area contributed by atoms with Crippen LogP contribution < -0.4 is 5.32 Å². The lowest BCUT2D eigenvalue weighted by molar-refractivity contribution is -0.197. The van der Waals surface area contributed by atoms with Gasteiger partial charge in [-0.1, -0.05) is 12.8 Å². The van der Waals surface area contributed by atoms with E-state index in [-0.39, 0.29) is 12.8 Å². The van der Waals surface area contributed by atoms with Crippen LogP contribution in [0.15, 0.2) is 18.2 Å². The van der Waals surface area contributed by atoms with Crippen LogP contribution in [-0.2, 0) is 4.79 Å². The second kappa shape index (κ2) is 5.86. The Morgan fingerprint density at radius 2 is 2.04 bits per heavy atom. The van der Waals surface area contributed by atoms with Gasteiger partial charge in [-0.3, -0.25) is 4.79 Å². The lowest BCUT2D eigenvalue weighted by Crippen LogP contribution is -2.39. The molecule has 124 valence electrons. The first-order chi connectivity index (χ1) is 10.8. The highest BCUT2D eigenvalue weighted by Gasteiger charge is 2.48. The van der Waals surface area contributed by atoms with Crippen molar-refractivity contribution in [3.63, 3.8) is 0 Å². The zero-order chi connectivity index (χ0) is 16.6. The molecular weight excluding hydrogens is 307 g/mol. The first-order valence-corrected chi connectivity index (χ1v) is 7.68. The topological polar surface area (TPSA) is 57.8 Å². The zero-order valence-corrected chi connectivity index (χ0v) is 12.7. The summed E-state index contributed by atoms with van der Waals surface area (Å²) >= 11 is 0. The lowest BCUT2D eigenvalue weighted by Gasteiger charge is -2.31. The molecule has 1 aromatic heterocycles. The number of aromatic amines is 1. The van der Waals surface area contributed by atoms with Crippen LogP contribution in [0.2, 0.25) is 0 Å². The number of hydrogen-bond acceptors (Lipinski definition) is 2. The second-order valence-electron chi connectivity index (χ2n) is 6.08. The van der Waals surface area contributed by atoms with E-state index < -0.39 is 23.9 Å². The van der Waals surface area contributed by atoms with Crippen LogP contribution in [0, 0.1) is 18.8 Å². The summed E-state index contributed by atoms with van der Waals surface area (Å²) in [4.78, 5) is 19.6. The van der Waals surface area contributed by atoms with Crippen LogP contribution in [-0.4, -0.2) is 22.1 Å². The van der Waals surface area contributed by atoms with E-state index in [2.05, 4.69) is 15.3 Å². The average Bonchev–Trinajstić information content (AvgIpc) is 2.85. The van der Waals surface area contributed by atoms with Crippen molar-refractivity contribution in [2.24, 2.45) is 11.8 Å². The van der Waals surface area contributed by atoms with E-state index in [4.69, 9.17) is 0 Å². The van der Waals surface area contributed by atoms with Crippen LogP contribution in [0.3, 0.4) is 0 Å². The molecule has 23 heavy (non-hydrogen) atoms. The SMILES string of the molecule is Cc1nc2ccc(NC(=O)[C@@H]3CCCC[C@@H]3C(F)(F)F)cc2[nH]1. The number of alkyl halides is 3. The molecule has 1 aromatic carbocycles. The van der Waals surface area contributed by atoms with Crippen molar-refractivity contribution in [1.82, 2.24) is 9.97 Å². The number of H-pyrrole nitrogens is 1. The van der Waals surface area contributed by atoms with Gasteiger partial charge in [0, 0.05) is 11.6 Å². The Hall–Kier alpha value is -2.05. The Bertz CT molecular complexity index is 723. The standard InChI is InChI=1S/C16H18F3N3O/c1-9-20-13-7-6-10(8-14(13)21-9)22-15(23)11-4-2-3-5-12(11)16(17,18)19/h6-8,11-12H,2-5H2,1H3,(H,20,21)(H,22,23)/t11-,12+/m1/s1. The fourth-order valence-corrected chi connectivity index (χ4v) is 3.29. The van der Waals surface area contributed by atoms with Gasteiger partial charge in [0.2, 0.25) is 5.91 Å². The highest BCUT2D eigenvalue weighted by molar-refractivity contribution is 5.94. The maximum atomic E-state index is 13.1. The molecule has 1 amide bonds. The third-order valence-corrected chi connectivity index (χ3v) is 4.39. The van der Waals surface area contributed by atoms with Crippen molar-refractivity contribution >= 4 is 22.6 Å². The summed E-state index contributed by atoms with van der Waals surface area (Å²) < 4.78 is 39.3. The van der Waals surface area contributed by atoms with Crippen LogP contribution in [0.4, 0.5) is 18.9 Å². The van der Waals surface area contributed by atoms with E-state index >= 15 is 0 Å². The summed E-state index contributed by atoms with van der Waals surface area (Å²) in [5, 5.41) is 2.63. The third kappa shape index (κ3) is 3.33. The molecule has 2 N–H and O–H groups in total. The molecule has 1 aliphatic rings. The highest BCUT2D eigenvalue weighted by Crippen LogP contribution is 2.41. The maximum absolute atomic E-state index is 13.1. The van der Waals surface area contributed by atoms with Crippen LogP contribution in [0.1, 0.15) is 31.5 Å². The summed E-state index contributed by atoms with van der Waals surface area (Å²) in [5.74, 6) is -2.37. The number of rotatable bonds is 2. The predicted octanol–water partition coefficient (Wildman–Crippen LogP) is 4.18. The fourth-order valence-electron chi connectivity index (χ4n) is 3.29. The Morgan fingerprint density at radius 1 is 1.30 bits per heavy atom. The van der Waals surface area contributed by atoms with Gasteiger partial charge < -0.3 is 10.3 Å². The lowest BCUT2D eigenvalue weighted by atomic mass is 9.78. The van der Waals surface area contributed by atoms with Gasteiger partial charge >= 0.3 is 6.18 Å². The summed E-state index contributed by atoms with van der Waals surface area (Å²) in [6.07, 6.45) is -2.84. The second-order valence-corrected chi connectivity index (χ2v) is 6.08. The van der Waals surface area contributed by atoms with Crippen LogP contribution in [0.5, 0.6) is 0 Å². The Balaban J connectivity index is 1.78. The number of aryl methyl sites for hydroxylation is 1. The molecule has 0 radical (unpaired) electrons. The van der Waals surface area contributed by atoms with Crippen molar-refractivity contribution in [3.8, 4) is 0 Å². The van der Waals surface area contributed by atoms with Crippen molar-refractivity contribution in [1.29, 1.82) is 0 Å². The van der Waals surface area contributed by atoms with Crippen molar-refractivity contribution < 1.29 is 18.0 Å². The number of carbonyl (C=O) groups is 1. The van der Waals surface area contributed by atoms with Gasteiger partial charge in [-0.2, -0.15) is 13.2 Å². The van der Waals surface area contributed by atoms with E-state index in [1.165, 1.54) is 0 Å². The number of nitrogens with zero attached hydrogens (tertiary/aromatic N) is 1. The first-order valence-electron chi connectivity index (χ1n) is 7.68. The van der Waals surface area contributed by atoms with Gasteiger partial charge in [0.25, 0.3) is 0 Å². The normalized spacial score (nSPS) is 22.3. The first kappa shape index (κ1) is 15.8. The van der Waals surface area contributed by atoms with E-state index in [9.17, 15) is 18.0 Å². The molecule has 1 saturated carbocycles. The Labute approximate surface area is 131 Å². The molecule has 1 fully saturated rings. The average molecular weight is 325 g/mol. The molecule has 0 bridgehead atoms. The summed E-state index contributed by atoms with van der Waals surface area (Å²) in [5.41, 5.74) is 1.99. The minimum atomic E-state index is -4.33. The van der Waals surface area contributed by atoms with E-state index in [0.717, 1.165) is 16.9 Å². The molecular formula is C16H18F3N3O. The van der Waals surface area contributed by atoms with Gasteiger partial charge in [0.15, 0.2) is 0 Å². The highest BCUT2D eigenvalue weighted by atomic mass is 19.4. The number of anilines is 1. The quantitative estimate of drug-likeness (QED) is 0.870. The Kier molecular flexibility index (Phi) is 4.04. The largest absolute Gasteiger partial charge is 0.392 e. The molecule has 1 heterocycles. The van der Waals surface area contributed by atoms with Gasteiger partial charge in [0.1, 0.15) is 5.82 Å². The third-order valence-electron chi connectivity index (χ3n) is 4.39. The number of fused-ring (bicyclic) bond motifs is 1. The van der Waals surface area contributed by atoms with E-state index in [1.807, 2.05) is 6.92 Å². The van der Waals surface area contributed by atoms with Gasteiger partial charge in [0.05, 0.1) is 17.0 Å². The summed E-state index contributed by atoms with van der Waals surface area (Å²) in [7, 11) is 0. The molecule has 3 rings (SSSR count). The van der Waals surface area contributed by atoms with Crippen molar-refractivity contribution in [3.05, 3.63) is 24.0 Å². The number of benzene rings is 1. The molecule has 0 saturated heterocycles. The number of nitrogens with one attached hydrogen (secondary N) is 2. The van der Waals surface area contributed by atoms with E-state index in [1.54, 1.807) is 18.2 Å². The smallest absolute Gasteiger partial charge is 0.342 e. The molecule has 0 unspecified atom stereocenters. The van der Waals surface area contributed by atoms with Crippen LogP contribution >= 0.6 is 0 Å². The molecule has 0 spiro atoms. The molecule has 0 aliphatic heterocycles. The van der Waals surface area contributed by atoms with Crippen molar-refractivity contribution in [2.45, 2.75) is 38.8 Å². The van der Waals surface area contributed by atoms with Gasteiger partial charge in [-0.05, 0) is 38.0 Å². The monoisotopic (exact) mass is 325 g/mol. The molecule has 2 atom stereocenters. The minimum Gasteiger partial charge on any atom is -0.342 e. The molecule has 4 nitrogen and oxygen atoms in total. The minimum absolute atomic E-state index is 0.0281. The fraction of sp³-hybridized carbons (Fsp3) is 0.500. The molecule has 7 heteroatoms. The van der Waals surface area contributed by atoms with Crippen LogP contribution in [0.25, 0.3) is 11.0 Å². The van der Waals surface area contributed by atoms with E-state index in [0.29, 0.717) is 18.5 Å². The number of hydrogen-bond donors (Lipinski definition) is 2. The number of amides is 1. The zero-order valence-electron chi connectivity index (χ0n) is 12.7. The van der Waals surface area contributed by atoms with Gasteiger partial charge in [-0.15, -0.1) is 0 Å². The number of halogens is 3. The number of aromatic nitrogens is 2. The number of carbonyl (C=O) groups excluding carboxylic acids is 1.